The minimum Gasteiger partial charge on any atom is -0.456 e. The van der Waals surface area contributed by atoms with Crippen LogP contribution >= 0.6 is 0 Å². The summed E-state index contributed by atoms with van der Waals surface area (Å²) in [4.78, 5) is 2.50. The van der Waals surface area contributed by atoms with Crippen molar-refractivity contribution in [3.05, 3.63) is 277 Å². The summed E-state index contributed by atoms with van der Waals surface area (Å²) in [7, 11) is 0. The fourth-order valence-electron chi connectivity index (χ4n) is 11.7. The van der Waals surface area contributed by atoms with Crippen molar-refractivity contribution in [3.8, 4) is 27.9 Å². The molecular weight excluding hydrogens is 825 g/mol. The van der Waals surface area contributed by atoms with E-state index < -0.39 is 5.41 Å². The number of hydrogen-bond donors (Lipinski definition) is 0. The first kappa shape index (κ1) is 38.4. The minimum absolute atomic E-state index is 0.555. The van der Waals surface area contributed by atoms with Gasteiger partial charge in [0.05, 0.1) is 27.8 Å². The van der Waals surface area contributed by atoms with Gasteiger partial charge in [-0.2, -0.15) is 0 Å². The molecule has 0 bridgehead atoms. The van der Waals surface area contributed by atoms with E-state index in [0.29, 0.717) is 0 Å². The Labute approximate surface area is 394 Å². The van der Waals surface area contributed by atoms with Gasteiger partial charge in [0.15, 0.2) is 0 Å². The Morgan fingerprint density at radius 1 is 0.368 bits per heavy atom. The molecule has 0 atom stereocenters. The first-order valence-electron chi connectivity index (χ1n) is 23.4. The lowest BCUT2D eigenvalue weighted by Crippen LogP contribution is -2.28. The van der Waals surface area contributed by atoms with Crippen molar-refractivity contribution >= 4 is 71.6 Å². The van der Waals surface area contributed by atoms with Crippen molar-refractivity contribution < 1.29 is 4.42 Å². The maximum atomic E-state index is 6.69. The van der Waals surface area contributed by atoms with Gasteiger partial charge in [0.1, 0.15) is 11.2 Å². The molecule has 2 heterocycles. The number of anilines is 3. The van der Waals surface area contributed by atoms with Crippen LogP contribution in [0.5, 0.6) is 0 Å². The predicted molar refractivity (Wildman–Crippen MR) is 283 cm³/mol. The lowest BCUT2D eigenvalue weighted by Gasteiger charge is -2.34. The first-order chi connectivity index (χ1) is 33.8. The molecule has 68 heavy (non-hydrogen) atoms. The summed E-state index contributed by atoms with van der Waals surface area (Å²) in [5.41, 5.74) is 17.6. The van der Waals surface area contributed by atoms with Crippen molar-refractivity contribution in [1.29, 1.82) is 0 Å². The molecule has 0 aliphatic heterocycles. The van der Waals surface area contributed by atoms with Crippen LogP contribution in [0.25, 0.3) is 82.5 Å². The van der Waals surface area contributed by atoms with Crippen molar-refractivity contribution in [1.82, 2.24) is 4.57 Å². The topological polar surface area (TPSA) is 21.3 Å². The molecule has 0 spiro atoms. The molecule has 0 amide bonds. The zero-order chi connectivity index (χ0) is 44.8. The molecule has 14 rings (SSSR count). The highest BCUT2D eigenvalue weighted by atomic mass is 16.3. The fourth-order valence-corrected chi connectivity index (χ4v) is 11.7. The highest BCUT2D eigenvalue weighted by Crippen LogP contribution is 2.60. The SMILES string of the molecule is c1ccc(C2(c3ccccc3)c3ccccc3-c3c(N(c4ccc(-n5c6ccccc6c6ccccc65)cc4)c4ccccc4-c4cccc5oc6cc7ccccc7cc6c45)cccc32)cc1. The molecule has 0 radical (unpaired) electrons. The zero-order valence-electron chi connectivity index (χ0n) is 37.1. The Morgan fingerprint density at radius 2 is 0.912 bits per heavy atom. The van der Waals surface area contributed by atoms with Gasteiger partial charge in [0.25, 0.3) is 0 Å². The van der Waals surface area contributed by atoms with Crippen LogP contribution < -0.4 is 4.90 Å². The maximum Gasteiger partial charge on any atom is 0.136 e. The fraction of sp³-hybridized carbons (Fsp3) is 0.0154. The van der Waals surface area contributed by atoms with Gasteiger partial charge in [-0.3, -0.25) is 0 Å². The summed E-state index contributed by atoms with van der Waals surface area (Å²) < 4.78 is 9.09. The van der Waals surface area contributed by atoms with Gasteiger partial charge < -0.3 is 13.9 Å². The van der Waals surface area contributed by atoms with Gasteiger partial charge in [0, 0.05) is 44.0 Å². The van der Waals surface area contributed by atoms with Gasteiger partial charge in [-0.25, -0.2) is 0 Å². The van der Waals surface area contributed by atoms with E-state index in [4.69, 9.17) is 4.42 Å². The van der Waals surface area contributed by atoms with E-state index in [1.807, 2.05) is 0 Å². The summed E-state index contributed by atoms with van der Waals surface area (Å²) in [6.07, 6.45) is 0. The number of para-hydroxylation sites is 3. The average molecular weight is 867 g/mol. The van der Waals surface area contributed by atoms with Gasteiger partial charge >= 0.3 is 0 Å². The third-order valence-electron chi connectivity index (χ3n) is 14.4. The normalized spacial score (nSPS) is 12.8. The molecule has 0 saturated carbocycles. The Balaban J connectivity index is 1.05. The maximum absolute atomic E-state index is 6.69. The standard InChI is InChI=1S/C65H42N2O/c1-3-21-45(22-4-1)65(46-23-5-2-6-24-46)55-30-13-9-28-53(55)64-56(65)31-18-35-60(64)67(48-39-37-47(38-40-48)66-57-32-14-10-25-49(57)50-26-11-15-33-58(50)66)59-34-16-12-27-51(59)52-29-17-36-61-63(52)54-41-43-19-7-8-20-44(43)42-62(54)68-61/h1-42H. The largest absolute Gasteiger partial charge is 0.456 e. The molecule has 3 heteroatoms. The highest BCUT2D eigenvalue weighted by Gasteiger charge is 2.47. The summed E-state index contributed by atoms with van der Waals surface area (Å²) in [5, 5.41) is 7.06. The lowest BCUT2D eigenvalue weighted by molar-refractivity contribution is 0.669. The van der Waals surface area contributed by atoms with Crippen LogP contribution in [-0.2, 0) is 5.41 Å². The molecule has 1 aliphatic carbocycles. The van der Waals surface area contributed by atoms with Crippen LogP contribution in [0.4, 0.5) is 17.1 Å². The Bertz CT molecular complexity index is 3990. The summed E-state index contributed by atoms with van der Waals surface area (Å²) in [5.74, 6) is 0. The third-order valence-corrected chi connectivity index (χ3v) is 14.4. The second kappa shape index (κ2) is 15.1. The second-order valence-electron chi connectivity index (χ2n) is 17.9. The van der Waals surface area contributed by atoms with Crippen molar-refractivity contribution in [3.63, 3.8) is 0 Å². The first-order valence-corrected chi connectivity index (χ1v) is 23.4. The number of rotatable bonds is 7. The van der Waals surface area contributed by atoms with Crippen molar-refractivity contribution in [2.24, 2.45) is 0 Å². The molecule has 3 nitrogen and oxygen atoms in total. The molecule has 13 aromatic rings. The quantitative estimate of drug-likeness (QED) is 0.159. The molecule has 0 N–H and O–H groups in total. The van der Waals surface area contributed by atoms with Gasteiger partial charge in [0.2, 0.25) is 0 Å². The smallest absolute Gasteiger partial charge is 0.136 e. The van der Waals surface area contributed by atoms with Crippen LogP contribution in [0.1, 0.15) is 22.3 Å². The van der Waals surface area contributed by atoms with Crippen LogP contribution in [0.3, 0.4) is 0 Å². The Morgan fingerprint density at radius 3 is 1.63 bits per heavy atom. The number of fused-ring (bicyclic) bond motifs is 10. The lowest BCUT2D eigenvalue weighted by atomic mass is 9.68. The van der Waals surface area contributed by atoms with E-state index in [9.17, 15) is 0 Å². The molecular formula is C65H42N2O. The van der Waals surface area contributed by atoms with Crippen molar-refractivity contribution in [2.75, 3.05) is 4.90 Å². The predicted octanol–water partition coefficient (Wildman–Crippen LogP) is 17.3. The third kappa shape index (κ3) is 5.54. The van der Waals surface area contributed by atoms with E-state index in [0.717, 1.165) is 61.2 Å². The number of furan rings is 1. The molecule has 0 saturated heterocycles. The number of benzene rings is 11. The molecule has 11 aromatic carbocycles. The average Bonchev–Trinajstić information content (AvgIpc) is 4.05. The number of hydrogen-bond acceptors (Lipinski definition) is 2. The zero-order valence-corrected chi connectivity index (χ0v) is 37.1. The van der Waals surface area contributed by atoms with Crippen LogP contribution in [0.15, 0.2) is 259 Å². The van der Waals surface area contributed by atoms with Crippen LogP contribution in [-0.4, -0.2) is 4.57 Å². The Kier molecular flexibility index (Phi) is 8.50. The van der Waals surface area contributed by atoms with E-state index in [-0.39, 0.29) is 0 Å². The van der Waals surface area contributed by atoms with E-state index in [2.05, 4.69) is 264 Å². The van der Waals surface area contributed by atoms with E-state index in [1.54, 1.807) is 0 Å². The molecule has 0 fully saturated rings. The summed E-state index contributed by atoms with van der Waals surface area (Å²) in [6, 6.07) is 93.2. The van der Waals surface area contributed by atoms with Crippen LogP contribution in [0, 0.1) is 0 Å². The van der Waals surface area contributed by atoms with E-state index in [1.165, 1.54) is 60.6 Å². The molecule has 1 aliphatic rings. The van der Waals surface area contributed by atoms with Gasteiger partial charge in [-0.05, 0) is 111 Å². The molecule has 0 unspecified atom stereocenters. The number of aromatic nitrogens is 1. The van der Waals surface area contributed by atoms with Gasteiger partial charge in [-0.15, -0.1) is 0 Å². The summed E-state index contributed by atoms with van der Waals surface area (Å²) >= 11 is 0. The Hall–Kier alpha value is -8.92. The van der Waals surface area contributed by atoms with Crippen LogP contribution in [0.2, 0.25) is 0 Å². The monoisotopic (exact) mass is 866 g/mol. The molecule has 2 aromatic heterocycles. The van der Waals surface area contributed by atoms with Crippen molar-refractivity contribution in [2.45, 2.75) is 5.41 Å². The minimum atomic E-state index is -0.555. The van der Waals surface area contributed by atoms with Gasteiger partial charge in [-0.1, -0.05) is 188 Å². The second-order valence-corrected chi connectivity index (χ2v) is 17.9. The number of nitrogens with zero attached hydrogens (tertiary/aromatic N) is 2. The highest BCUT2D eigenvalue weighted by molar-refractivity contribution is 6.17. The molecule has 318 valence electrons. The van der Waals surface area contributed by atoms with E-state index >= 15 is 0 Å². The summed E-state index contributed by atoms with van der Waals surface area (Å²) in [6.45, 7) is 0.